The molecule has 0 radical (unpaired) electrons. The lowest BCUT2D eigenvalue weighted by Crippen LogP contribution is -2.29. The van der Waals surface area contributed by atoms with E-state index in [0.717, 1.165) is 0 Å². The van der Waals surface area contributed by atoms with E-state index in [0.29, 0.717) is 27.1 Å². The molecule has 1 aliphatic rings. The Hall–Kier alpha value is -3.65. The van der Waals surface area contributed by atoms with Gasteiger partial charge in [-0.05, 0) is 70.0 Å². The zero-order chi connectivity index (χ0) is 23.7. The van der Waals surface area contributed by atoms with Crippen LogP contribution in [0.5, 0.6) is 11.5 Å². The summed E-state index contributed by atoms with van der Waals surface area (Å²) in [7, 11) is 3.03. The van der Waals surface area contributed by atoms with E-state index < -0.39 is 23.5 Å². The second-order valence-electron chi connectivity index (χ2n) is 7.27. The molecule has 1 saturated heterocycles. The molecule has 1 aliphatic heterocycles. The van der Waals surface area contributed by atoms with E-state index in [1.54, 1.807) is 42.5 Å². The molecule has 0 saturated carbocycles. The number of aliphatic hydroxyl groups is 1. The molecule has 0 aliphatic carbocycles. The molecule has 3 aromatic rings. The Kier molecular flexibility index (Phi) is 6.20. The van der Waals surface area contributed by atoms with Gasteiger partial charge >= 0.3 is 0 Å². The number of amides is 1. The summed E-state index contributed by atoms with van der Waals surface area (Å²) in [6, 6.07) is 16.0. The van der Waals surface area contributed by atoms with Gasteiger partial charge < -0.3 is 14.6 Å². The first-order valence-electron chi connectivity index (χ1n) is 9.90. The van der Waals surface area contributed by atoms with Crippen molar-refractivity contribution in [1.82, 2.24) is 0 Å². The first-order valence-corrected chi connectivity index (χ1v) is 10.7. The normalized spacial score (nSPS) is 17.3. The van der Waals surface area contributed by atoms with E-state index in [4.69, 9.17) is 9.47 Å². The second kappa shape index (κ2) is 9.07. The zero-order valence-electron chi connectivity index (χ0n) is 17.7. The van der Waals surface area contributed by atoms with Crippen molar-refractivity contribution >= 4 is 39.1 Å². The molecular formula is C25H19BrFNO5. The maximum Gasteiger partial charge on any atom is 0.300 e. The Labute approximate surface area is 198 Å². The summed E-state index contributed by atoms with van der Waals surface area (Å²) in [6.45, 7) is 0. The molecule has 1 amide bonds. The fourth-order valence-corrected chi connectivity index (χ4v) is 4.34. The Morgan fingerprint density at radius 2 is 1.73 bits per heavy atom. The van der Waals surface area contributed by atoms with Gasteiger partial charge in [0.15, 0.2) is 0 Å². The topological polar surface area (TPSA) is 76.1 Å². The summed E-state index contributed by atoms with van der Waals surface area (Å²) < 4.78 is 25.0. The van der Waals surface area contributed by atoms with Crippen LogP contribution in [-0.4, -0.2) is 31.0 Å². The number of carbonyl (C=O) groups excluding carboxylic acids is 2. The average Bonchev–Trinajstić information content (AvgIpc) is 3.09. The van der Waals surface area contributed by atoms with Crippen molar-refractivity contribution in [2.45, 2.75) is 6.04 Å². The predicted molar refractivity (Wildman–Crippen MR) is 125 cm³/mol. The Morgan fingerprint density at radius 3 is 2.33 bits per heavy atom. The second-order valence-corrected chi connectivity index (χ2v) is 8.13. The fourth-order valence-electron chi connectivity index (χ4n) is 3.80. The standard InChI is InChI=1S/C25H19BrFNO5/c1-32-18-9-6-14(7-10-18)22-21(23(29)15-8-11-20(33-2)19(26)12-15)24(30)25(31)28(22)17-5-3-4-16(27)13-17/h3-13,22,29H,1-2H3/b23-21+. The van der Waals surface area contributed by atoms with Crippen molar-refractivity contribution in [3.05, 3.63) is 93.7 Å². The fraction of sp³-hybridized carbons (Fsp3) is 0.120. The number of hydrogen-bond donors (Lipinski definition) is 1. The van der Waals surface area contributed by atoms with E-state index in [1.807, 2.05) is 0 Å². The summed E-state index contributed by atoms with van der Waals surface area (Å²) in [4.78, 5) is 27.4. The van der Waals surface area contributed by atoms with Crippen LogP contribution in [0.2, 0.25) is 0 Å². The molecule has 0 bridgehead atoms. The monoisotopic (exact) mass is 511 g/mol. The number of aliphatic hydroxyl groups excluding tert-OH is 1. The highest BCUT2D eigenvalue weighted by atomic mass is 79.9. The van der Waals surface area contributed by atoms with Crippen molar-refractivity contribution in [2.75, 3.05) is 19.1 Å². The van der Waals surface area contributed by atoms with Gasteiger partial charge in [0.1, 0.15) is 23.1 Å². The number of ether oxygens (including phenoxy) is 2. The van der Waals surface area contributed by atoms with Crippen LogP contribution in [0.1, 0.15) is 17.2 Å². The molecule has 0 spiro atoms. The number of ketones is 1. The smallest absolute Gasteiger partial charge is 0.300 e. The maximum absolute atomic E-state index is 14.0. The molecular weight excluding hydrogens is 493 g/mol. The van der Waals surface area contributed by atoms with Gasteiger partial charge in [0.2, 0.25) is 0 Å². The van der Waals surface area contributed by atoms with Crippen LogP contribution in [0.15, 0.2) is 76.8 Å². The lowest BCUT2D eigenvalue weighted by atomic mass is 9.95. The molecule has 0 aromatic heterocycles. The Morgan fingerprint density at radius 1 is 1.00 bits per heavy atom. The summed E-state index contributed by atoms with van der Waals surface area (Å²) in [5, 5.41) is 11.2. The number of hydrogen-bond acceptors (Lipinski definition) is 5. The highest BCUT2D eigenvalue weighted by Gasteiger charge is 2.47. The van der Waals surface area contributed by atoms with Gasteiger partial charge in [0, 0.05) is 11.3 Å². The first-order chi connectivity index (χ1) is 15.8. The number of Topliss-reactive ketones (excluding diaryl/α,β-unsaturated/α-hetero) is 1. The quantitative estimate of drug-likeness (QED) is 0.288. The highest BCUT2D eigenvalue weighted by Crippen LogP contribution is 2.43. The van der Waals surface area contributed by atoms with Gasteiger partial charge in [0.05, 0.1) is 30.3 Å². The van der Waals surface area contributed by atoms with Crippen molar-refractivity contribution in [3.8, 4) is 11.5 Å². The van der Waals surface area contributed by atoms with Gasteiger partial charge in [-0.25, -0.2) is 4.39 Å². The van der Waals surface area contributed by atoms with Gasteiger partial charge in [-0.15, -0.1) is 0 Å². The lowest BCUT2D eigenvalue weighted by Gasteiger charge is -2.25. The minimum Gasteiger partial charge on any atom is -0.507 e. The Bertz CT molecular complexity index is 1270. The molecule has 1 N–H and O–H groups in total. The summed E-state index contributed by atoms with van der Waals surface area (Å²) in [6.07, 6.45) is 0. The zero-order valence-corrected chi connectivity index (χ0v) is 19.3. The third kappa shape index (κ3) is 4.09. The predicted octanol–water partition coefficient (Wildman–Crippen LogP) is 5.23. The molecule has 8 heteroatoms. The summed E-state index contributed by atoms with van der Waals surface area (Å²) in [5.74, 6) is -1.52. The number of rotatable bonds is 5. The SMILES string of the molecule is COc1ccc(C2/C(=C(\O)c3ccc(OC)c(Br)c3)C(=O)C(=O)N2c2cccc(F)c2)cc1. The minimum atomic E-state index is -0.974. The van der Waals surface area contributed by atoms with Gasteiger partial charge in [-0.2, -0.15) is 0 Å². The number of benzene rings is 3. The van der Waals surface area contributed by atoms with Crippen LogP contribution in [0, 0.1) is 5.82 Å². The third-order valence-corrected chi connectivity index (χ3v) is 6.01. The summed E-state index contributed by atoms with van der Waals surface area (Å²) in [5.41, 5.74) is 0.964. The maximum atomic E-state index is 14.0. The van der Waals surface area contributed by atoms with Crippen LogP contribution in [0.3, 0.4) is 0 Å². The largest absolute Gasteiger partial charge is 0.507 e. The molecule has 1 fully saturated rings. The number of carbonyl (C=O) groups is 2. The van der Waals surface area contributed by atoms with Crippen molar-refractivity contribution < 1.29 is 28.6 Å². The van der Waals surface area contributed by atoms with E-state index >= 15 is 0 Å². The van der Waals surface area contributed by atoms with Crippen LogP contribution in [0.4, 0.5) is 10.1 Å². The van der Waals surface area contributed by atoms with Crippen molar-refractivity contribution in [2.24, 2.45) is 0 Å². The van der Waals surface area contributed by atoms with Gasteiger partial charge in [-0.1, -0.05) is 18.2 Å². The van der Waals surface area contributed by atoms with Crippen LogP contribution in [-0.2, 0) is 9.59 Å². The number of halogens is 2. The minimum absolute atomic E-state index is 0.105. The molecule has 3 aromatic carbocycles. The van der Waals surface area contributed by atoms with E-state index in [9.17, 15) is 19.1 Å². The number of anilines is 1. The van der Waals surface area contributed by atoms with Crippen LogP contribution >= 0.6 is 15.9 Å². The van der Waals surface area contributed by atoms with Crippen molar-refractivity contribution in [3.63, 3.8) is 0 Å². The molecule has 168 valence electrons. The van der Waals surface area contributed by atoms with Gasteiger partial charge in [-0.3, -0.25) is 14.5 Å². The van der Waals surface area contributed by atoms with Gasteiger partial charge in [0.25, 0.3) is 11.7 Å². The summed E-state index contributed by atoms with van der Waals surface area (Å²) >= 11 is 3.37. The molecule has 1 heterocycles. The molecule has 4 rings (SSSR count). The first kappa shape index (κ1) is 22.5. The number of methoxy groups -OCH3 is 2. The van der Waals surface area contributed by atoms with E-state index in [-0.39, 0.29) is 17.0 Å². The highest BCUT2D eigenvalue weighted by molar-refractivity contribution is 9.10. The number of nitrogens with zero attached hydrogens (tertiary/aromatic N) is 1. The molecule has 33 heavy (non-hydrogen) atoms. The van der Waals surface area contributed by atoms with E-state index in [2.05, 4.69) is 15.9 Å². The van der Waals surface area contributed by atoms with E-state index in [1.165, 1.54) is 43.4 Å². The van der Waals surface area contributed by atoms with Crippen LogP contribution < -0.4 is 14.4 Å². The molecule has 1 atom stereocenters. The van der Waals surface area contributed by atoms with Crippen molar-refractivity contribution in [1.29, 1.82) is 0 Å². The average molecular weight is 512 g/mol. The van der Waals surface area contributed by atoms with Crippen LogP contribution in [0.25, 0.3) is 5.76 Å². The molecule has 1 unspecified atom stereocenters. The third-order valence-electron chi connectivity index (χ3n) is 5.39. The molecule has 6 nitrogen and oxygen atoms in total. The Balaban J connectivity index is 1.93. The lowest BCUT2D eigenvalue weighted by molar-refractivity contribution is -0.132.